The first-order valence-electron chi connectivity index (χ1n) is 6.20. The standard InChI is InChI=1S/C13H13Br2NO4S/c1-8(17)20-12-10(14)6-9(7-11(12)15)13(18)21-16-2-4-19-5-3-16/h6-7H,2-5H2,1H3. The van der Waals surface area contributed by atoms with E-state index in [0.29, 0.717) is 33.5 Å². The van der Waals surface area contributed by atoms with E-state index < -0.39 is 5.97 Å². The van der Waals surface area contributed by atoms with E-state index in [0.717, 1.165) is 13.1 Å². The van der Waals surface area contributed by atoms with Crippen LogP contribution in [0.1, 0.15) is 17.3 Å². The molecule has 0 radical (unpaired) electrons. The number of rotatable bonds is 3. The van der Waals surface area contributed by atoms with Crippen molar-refractivity contribution in [3.63, 3.8) is 0 Å². The van der Waals surface area contributed by atoms with Crippen LogP contribution in [0.15, 0.2) is 21.1 Å². The van der Waals surface area contributed by atoms with E-state index in [-0.39, 0.29) is 5.12 Å². The Morgan fingerprint density at radius 2 is 1.81 bits per heavy atom. The fraction of sp³-hybridized carbons (Fsp3) is 0.385. The van der Waals surface area contributed by atoms with Crippen molar-refractivity contribution in [3.05, 3.63) is 26.6 Å². The number of nitrogens with zero attached hydrogens (tertiary/aromatic N) is 1. The molecule has 1 aliphatic heterocycles. The van der Waals surface area contributed by atoms with Gasteiger partial charge in [-0.1, -0.05) is 0 Å². The topological polar surface area (TPSA) is 55.8 Å². The van der Waals surface area contributed by atoms with Gasteiger partial charge in [-0.05, 0) is 44.0 Å². The first-order valence-corrected chi connectivity index (χ1v) is 8.56. The zero-order valence-electron chi connectivity index (χ0n) is 11.2. The van der Waals surface area contributed by atoms with E-state index in [1.165, 1.54) is 18.9 Å². The van der Waals surface area contributed by atoms with Crippen LogP contribution in [-0.4, -0.2) is 41.7 Å². The first kappa shape index (κ1) is 17.0. The molecule has 0 aromatic heterocycles. The van der Waals surface area contributed by atoms with Crippen LogP contribution < -0.4 is 4.74 Å². The van der Waals surface area contributed by atoms with Crippen LogP contribution in [0.5, 0.6) is 5.75 Å². The highest BCUT2D eigenvalue weighted by Gasteiger charge is 2.19. The van der Waals surface area contributed by atoms with Crippen molar-refractivity contribution in [2.45, 2.75) is 6.92 Å². The maximum absolute atomic E-state index is 12.3. The number of hydrogen-bond donors (Lipinski definition) is 0. The third kappa shape index (κ3) is 4.79. The third-order valence-corrected chi connectivity index (χ3v) is 4.86. The molecular weight excluding hydrogens is 426 g/mol. The predicted octanol–water partition coefficient (Wildman–Crippen LogP) is 3.26. The Kier molecular flexibility index (Phi) is 6.24. The number of ether oxygens (including phenoxy) is 2. The molecule has 1 saturated heterocycles. The summed E-state index contributed by atoms with van der Waals surface area (Å²) in [6.45, 7) is 4.05. The number of esters is 1. The van der Waals surface area contributed by atoms with E-state index >= 15 is 0 Å². The number of carbonyl (C=O) groups is 2. The minimum Gasteiger partial charge on any atom is -0.424 e. The Morgan fingerprint density at radius 3 is 2.33 bits per heavy atom. The Balaban J connectivity index is 2.12. The van der Waals surface area contributed by atoms with Crippen LogP contribution in [0.3, 0.4) is 0 Å². The van der Waals surface area contributed by atoms with Crippen LogP contribution in [0.25, 0.3) is 0 Å². The summed E-state index contributed by atoms with van der Waals surface area (Å²) in [5.41, 5.74) is 0.529. The van der Waals surface area contributed by atoms with Crippen molar-refractivity contribution >= 4 is 54.9 Å². The highest BCUT2D eigenvalue weighted by Crippen LogP contribution is 2.36. The maximum Gasteiger partial charge on any atom is 0.308 e. The number of morpholine rings is 1. The van der Waals surface area contributed by atoms with Gasteiger partial charge in [0, 0.05) is 37.5 Å². The fourth-order valence-corrected chi connectivity index (χ4v) is 3.86. The second-order valence-corrected chi connectivity index (χ2v) is 7.06. The zero-order valence-corrected chi connectivity index (χ0v) is 15.2. The molecule has 0 amide bonds. The monoisotopic (exact) mass is 437 g/mol. The van der Waals surface area contributed by atoms with Crippen molar-refractivity contribution in [2.75, 3.05) is 26.3 Å². The molecule has 1 heterocycles. The molecule has 0 saturated carbocycles. The lowest BCUT2D eigenvalue weighted by atomic mass is 10.2. The SMILES string of the molecule is CC(=O)Oc1c(Br)cc(C(=O)SN2CCOCC2)cc1Br. The lowest BCUT2D eigenvalue weighted by Crippen LogP contribution is -2.32. The minimum atomic E-state index is -0.418. The predicted molar refractivity (Wildman–Crippen MR) is 87.5 cm³/mol. The van der Waals surface area contributed by atoms with Crippen molar-refractivity contribution in [1.82, 2.24) is 4.31 Å². The van der Waals surface area contributed by atoms with Gasteiger partial charge in [-0.2, -0.15) is 0 Å². The lowest BCUT2D eigenvalue weighted by Gasteiger charge is -2.24. The van der Waals surface area contributed by atoms with Crippen LogP contribution in [0, 0.1) is 0 Å². The Labute approximate surface area is 143 Å². The molecule has 5 nitrogen and oxygen atoms in total. The summed E-state index contributed by atoms with van der Waals surface area (Å²) in [6.07, 6.45) is 0. The molecule has 1 aromatic rings. The number of halogens is 2. The maximum atomic E-state index is 12.3. The highest BCUT2D eigenvalue weighted by atomic mass is 79.9. The lowest BCUT2D eigenvalue weighted by molar-refractivity contribution is -0.131. The molecule has 1 aliphatic rings. The van der Waals surface area contributed by atoms with E-state index in [4.69, 9.17) is 9.47 Å². The Hall–Kier alpha value is -0.410. The highest BCUT2D eigenvalue weighted by molar-refractivity contribution is 9.11. The molecular formula is C13H13Br2NO4S. The molecule has 0 aliphatic carbocycles. The number of carbonyl (C=O) groups excluding carboxylic acids is 2. The average Bonchev–Trinajstić information content (AvgIpc) is 2.43. The fourth-order valence-electron chi connectivity index (χ4n) is 1.73. The van der Waals surface area contributed by atoms with Gasteiger partial charge in [-0.15, -0.1) is 0 Å². The first-order chi connectivity index (χ1) is 9.97. The van der Waals surface area contributed by atoms with Gasteiger partial charge in [0.15, 0.2) is 5.75 Å². The van der Waals surface area contributed by atoms with Gasteiger partial charge < -0.3 is 9.47 Å². The summed E-state index contributed by atoms with van der Waals surface area (Å²) in [5.74, 6) is -0.0476. The van der Waals surface area contributed by atoms with Gasteiger partial charge in [-0.3, -0.25) is 9.59 Å². The van der Waals surface area contributed by atoms with E-state index in [1.54, 1.807) is 12.1 Å². The number of hydrogen-bond acceptors (Lipinski definition) is 6. The largest absolute Gasteiger partial charge is 0.424 e. The van der Waals surface area contributed by atoms with E-state index in [9.17, 15) is 9.59 Å². The molecule has 0 unspecified atom stereocenters. The smallest absolute Gasteiger partial charge is 0.308 e. The molecule has 21 heavy (non-hydrogen) atoms. The third-order valence-electron chi connectivity index (χ3n) is 2.66. The Bertz CT molecular complexity index is 538. The molecule has 2 rings (SSSR count). The zero-order chi connectivity index (χ0) is 15.4. The molecule has 1 fully saturated rings. The molecule has 0 atom stereocenters. The van der Waals surface area contributed by atoms with Crippen molar-refractivity contribution in [2.24, 2.45) is 0 Å². The quantitative estimate of drug-likeness (QED) is 0.410. The van der Waals surface area contributed by atoms with Gasteiger partial charge in [0.2, 0.25) is 5.12 Å². The Morgan fingerprint density at radius 1 is 1.24 bits per heavy atom. The molecule has 1 aromatic carbocycles. The van der Waals surface area contributed by atoms with Gasteiger partial charge in [-0.25, -0.2) is 4.31 Å². The van der Waals surface area contributed by atoms with E-state index in [1.807, 2.05) is 4.31 Å². The normalized spacial score (nSPS) is 15.8. The number of benzene rings is 1. The van der Waals surface area contributed by atoms with Crippen LogP contribution >= 0.6 is 43.8 Å². The van der Waals surface area contributed by atoms with Gasteiger partial charge >= 0.3 is 5.97 Å². The average molecular weight is 439 g/mol. The molecule has 8 heteroatoms. The van der Waals surface area contributed by atoms with Crippen LogP contribution in [-0.2, 0) is 9.53 Å². The van der Waals surface area contributed by atoms with Gasteiger partial charge in [0.1, 0.15) is 0 Å². The van der Waals surface area contributed by atoms with Crippen molar-refractivity contribution in [3.8, 4) is 5.75 Å². The van der Waals surface area contributed by atoms with Crippen molar-refractivity contribution in [1.29, 1.82) is 0 Å². The summed E-state index contributed by atoms with van der Waals surface area (Å²) < 4.78 is 13.4. The van der Waals surface area contributed by atoms with Crippen LogP contribution in [0.2, 0.25) is 0 Å². The summed E-state index contributed by atoms with van der Waals surface area (Å²) in [4.78, 5) is 23.3. The summed E-state index contributed by atoms with van der Waals surface area (Å²) in [6, 6.07) is 3.30. The second kappa shape index (κ2) is 7.73. The van der Waals surface area contributed by atoms with Gasteiger partial charge in [0.05, 0.1) is 22.2 Å². The molecule has 114 valence electrons. The summed E-state index contributed by atoms with van der Waals surface area (Å²) >= 11 is 7.81. The van der Waals surface area contributed by atoms with Gasteiger partial charge in [0.25, 0.3) is 0 Å². The summed E-state index contributed by atoms with van der Waals surface area (Å²) in [5, 5.41) is -0.0623. The molecule has 0 spiro atoms. The second-order valence-electron chi connectivity index (χ2n) is 4.28. The van der Waals surface area contributed by atoms with Crippen LogP contribution in [0.4, 0.5) is 0 Å². The summed E-state index contributed by atoms with van der Waals surface area (Å²) in [7, 11) is 0. The minimum absolute atomic E-state index is 0.0623. The van der Waals surface area contributed by atoms with Crippen molar-refractivity contribution < 1.29 is 19.1 Å². The molecule has 0 N–H and O–H groups in total. The van der Waals surface area contributed by atoms with E-state index in [2.05, 4.69) is 31.9 Å². The molecule has 0 bridgehead atoms.